The summed E-state index contributed by atoms with van der Waals surface area (Å²) in [6.45, 7) is 6.85. The van der Waals surface area contributed by atoms with Gasteiger partial charge in [-0.25, -0.2) is 4.39 Å². The third kappa shape index (κ3) is 4.07. The van der Waals surface area contributed by atoms with Gasteiger partial charge < -0.3 is 14.6 Å². The number of anilines is 1. The summed E-state index contributed by atoms with van der Waals surface area (Å²) in [5, 5.41) is 10.8. The fourth-order valence-electron chi connectivity index (χ4n) is 4.95. The van der Waals surface area contributed by atoms with Crippen LogP contribution in [0.4, 0.5) is 10.1 Å². The Kier molecular flexibility index (Phi) is 5.91. The van der Waals surface area contributed by atoms with Crippen molar-refractivity contribution in [3.05, 3.63) is 87.7 Å². The van der Waals surface area contributed by atoms with Crippen molar-refractivity contribution in [3.8, 4) is 11.5 Å². The summed E-state index contributed by atoms with van der Waals surface area (Å²) in [5.41, 5.74) is 1.87. The Bertz CT molecular complexity index is 1380. The van der Waals surface area contributed by atoms with Gasteiger partial charge in [-0.05, 0) is 58.5 Å². The monoisotopic (exact) mass is 509 g/mol. The number of amides is 1. The molecule has 0 aliphatic carbocycles. The largest absolute Gasteiger partial charge is 0.486 e. The van der Waals surface area contributed by atoms with Gasteiger partial charge in [0, 0.05) is 16.3 Å². The van der Waals surface area contributed by atoms with E-state index in [2.05, 4.69) is 0 Å². The molecule has 8 heteroatoms. The van der Waals surface area contributed by atoms with Crippen LogP contribution in [0.1, 0.15) is 59.8 Å². The number of rotatable bonds is 3. The molecular weight excluding hydrogens is 485 g/mol. The van der Waals surface area contributed by atoms with Crippen LogP contribution < -0.4 is 14.4 Å². The number of ether oxygens (including phenoxy) is 2. The molecular formula is C28H25ClFNO5. The lowest BCUT2D eigenvalue weighted by Crippen LogP contribution is -2.45. The van der Waals surface area contributed by atoms with E-state index in [0.29, 0.717) is 41.0 Å². The molecule has 0 radical (unpaired) electrons. The molecule has 2 heterocycles. The highest BCUT2D eigenvalue weighted by Crippen LogP contribution is 2.48. The van der Waals surface area contributed by atoms with E-state index in [4.69, 9.17) is 21.1 Å². The predicted molar refractivity (Wildman–Crippen MR) is 134 cm³/mol. The molecule has 2 aliphatic heterocycles. The smallest absolute Gasteiger partial charge is 0.313 e. The standard InChI is InChI=1S/C28H25ClFNO5/c1-28(2,3)20-8-6-17(14-21(20)29)31-25(15-4-9-22-23(12-15)36-11-10-35-22)24(27(33)34)18-7-5-16(30)13-19(18)26(31)32/h4-9,12-14,24-25H,10-11H2,1-3H3,(H,33,34)/t24-,25+/m0/s1. The second-order valence-electron chi connectivity index (χ2n) is 9.98. The van der Waals surface area contributed by atoms with Crippen LogP contribution >= 0.6 is 11.6 Å². The van der Waals surface area contributed by atoms with Crippen LogP contribution in [0, 0.1) is 5.82 Å². The fourth-order valence-corrected chi connectivity index (χ4v) is 5.41. The number of carboxylic acid groups (broad SMARTS) is 1. The number of benzene rings is 3. The third-order valence-electron chi connectivity index (χ3n) is 6.61. The minimum atomic E-state index is -1.16. The van der Waals surface area contributed by atoms with Crippen LogP contribution in [-0.4, -0.2) is 30.2 Å². The minimum absolute atomic E-state index is 0.00668. The summed E-state index contributed by atoms with van der Waals surface area (Å²) in [6.07, 6.45) is 0. The number of carbonyl (C=O) groups is 2. The highest BCUT2D eigenvalue weighted by molar-refractivity contribution is 6.32. The van der Waals surface area contributed by atoms with Gasteiger partial charge in [-0.2, -0.15) is 0 Å². The van der Waals surface area contributed by atoms with Crippen LogP contribution in [0.25, 0.3) is 0 Å². The van der Waals surface area contributed by atoms with Crippen molar-refractivity contribution in [2.75, 3.05) is 18.1 Å². The van der Waals surface area contributed by atoms with Crippen LogP contribution in [0.15, 0.2) is 54.6 Å². The fraction of sp³-hybridized carbons (Fsp3) is 0.286. The summed E-state index contributed by atoms with van der Waals surface area (Å²) in [5.74, 6) is -2.42. The molecule has 0 spiro atoms. The lowest BCUT2D eigenvalue weighted by molar-refractivity contribution is -0.139. The SMILES string of the molecule is CC(C)(C)c1ccc(N2C(=O)c3cc(F)ccc3[C@H](C(=O)O)[C@H]2c2ccc3c(c2)OCCO3)cc1Cl. The van der Waals surface area contributed by atoms with Crippen LogP contribution in [0.5, 0.6) is 11.5 Å². The zero-order chi connectivity index (χ0) is 25.8. The van der Waals surface area contributed by atoms with Crippen molar-refractivity contribution in [1.82, 2.24) is 0 Å². The number of fused-ring (bicyclic) bond motifs is 2. The highest BCUT2D eigenvalue weighted by Gasteiger charge is 2.45. The number of halogens is 2. The molecule has 0 aromatic heterocycles. The first-order chi connectivity index (χ1) is 17.1. The molecule has 0 bridgehead atoms. The van der Waals surface area contributed by atoms with Crippen molar-refractivity contribution < 1.29 is 28.6 Å². The molecule has 5 rings (SSSR count). The van der Waals surface area contributed by atoms with Crippen molar-refractivity contribution in [1.29, 1.82) is 0 Å². The number of aliphatic carboxylic acids is 1. The Labute approximate surface area is 213 Å². The maximum atomic E-state index is 14.2. The first-order valence-electron chi connectivity index (χ1n) is 11.6. The van der Waals surface area contributed by atoms with Gasteiger partial charge in [0.15, 0.2) is 11.5 Å². The average Bonchev–Trinajstić information content (AvgIpc) is 2.82. The highest BCUT2D eigenvalue weighted by atomic mass is 35.5. The second-order valence-corrected chi connectivity index (χ2v) is 10.4. The maximum Gasteiger partial charge on any atom is 0.313 e. The van der Waals surface area contributed by atoms with Gasteiger partial charge >= 0.3 is 5.97 Å². The van der Waals surface area contributed by atoms with Gasteiger partial charge in [-0.3, -0.25) is 14.5 Å². The van der Waals surface area contributed by atoms with E-state index in [1.807, 2.05) is 26.8 Å². The summed E-state index contributed by atoms with van der Waals surface area (Å²) < 4.78 is 25.6. The molecule has 0 saturated heterocycles. The van der Waals surface area contributed by atoms with Gasteiger partial charge in [0.2, 0.25) is 0 Å². The van der Waals surface area contributed by atoms with E-state index >= 15 is 0 Å². The lowest BCUT2D eigenvalue weighted by atomic mass is 9.79. The molecule has 1 N–H and O–H groups in total. The Balaban J connectivity index is 1.74. The second kappa shape index (κ2) is 8.82. The normalized spacial score (nSPS) is 19.1. The predicted octanol–water partition coefficient (Wildman–Crippen LogP) is 6.12. The number of hydrogen-bond acceptors (Lipinski definition) is 4. The van der Waals surface area contributed by atoms with Crippen molar-refractivity contribution in [3.63, 3.8) is 0 Å². The van der Waals surface area contributed by atoms with Crippen molar-refractivity contribution >= 4 is 29.2 Å². The summed E-state index contributed by atoms with van der Waals surface area (Å²) in [4.78, 5) is 28.0. The summed E-state index contributed by atoms with van der Waals surface area (Å²) in [6, 6.07) is 13.1. The van der Waals surface area contributed by atoms with Gasteiger partial charge in [-0.1, -0.05) is 50.6 Å². The molecule has 3 aromatic carbocycles. The Morgan fingerprint density at radius 1 is 1.03 bits per heavy atom. The topological polar surface area (TPSA) is 76.1 Å². The van der Waals surface area contributed by atoms with E-state index in [1.54, 1.807) is 30.3 Å². The Morgan fingerprint density at radius 3 is 2.42 bits per heavy atom. The number of nitrogens with zero attached hydrogens (tertiary/aromatic N) is 1. The zero-order valence-electron chi connectivity index (χ0n) is 20.0. The maximum absolute atomic E-state index is 14.2. The molecule has 1 amide bonds. The van der Waals surface area contributed by atoms with Gasteiger partial charge in [0.25, 0.3) is 5.91 Å². The summed E-state index contributed by atoms with van der Waals surface area (Å²) >= 11 is 6.64. The Morgan fingerprint density at radius 2 is 1.75 bits per heavy atom. The van der Waals surface area contributed by atoms with E-state index in [1.165, 1.54) is 17.0 Å². The average molecular weight is 510 g/mol. The molecule has 0 fully saturated rings. The molecule has 0 saturated carbocycles. The molecule has 0 unspecified atom stereocenters. The number of carbonyl (C=O) groups excluding carboxylic acids is 1. The van der Waals surface area contributed by atoms with Gasteiger partial charge in [0.1, 0.15) is 24.9 Å². The van der Waals surface area contributed by atoms with E-state index < -0.39 is 29.7 Å². The number of carboxylic acids is 1. The van der Waals surface area contributed by atoms with Gasteiger partial charge in [0.05, 0.1) is 6.04 Å². The first-order valence-corrected chi connectivity index (χ1v) is 12.0. The van der Waals surface area contributed by atoms with E-state index in [9.17, 15) is 19.1 Å². The molecule has 2 atom stereocenters. The molecule has 6 nitrogen and oxygen atoms in total. The quantitative estimate of drug-likeness (QED) is 0.460. The summed E-state index contributed by atoms with van der Waals surface area (Å²) in [7, 11) is 0. The van der Waals surface area contributed by atoms with Crippen LogP contribution in [0.3, 0.4) is 0 Å². The Hall–Kier alpha value is -3.58. The lowest BCUT2D eigenvalue weighted by Gasteiger charge is -2.41. The third-order valence-corrected chi connectivity index (χ3v) is 6.92. The van der Waals surface area contributed by atoms with Crippen molar-refractivity contribution in [2.24, 2.45) is 0 Å². The first kappa shape index (κ1) is 24.1. The van der Waals surface area contributed by atoms with Crippen molar-refractivity contribution in [2.45, 2.75) is 38.1 Å². The minimum Gasteiger partial charge on any atom is -0.486 e. The number of hydrogen-bond donors (Lipinski definition) is 1. The molecule has 186 valence electrons. The van der Waals surface area contributed by atoms with E-state index in [0.717, 1.165) is 11.6 Å². The van der Waals surface area contributed by atoms with Crippen LogP contribution in [0.2, 0.25) is 5.02 Å². The van der Waals surface area contributed by atoms with Crippen LogP contribution in [-0.2, 0) is 10.2 Å². The van der Waals surface area contributed by atoms with Gasteiger partial charge in [-0.15, -0.1) is 0 Å². The molecule has 2 aliphatic rings. The zero-order valence-corrected chi connectivity index (χ0v) is 20.8. The van der Waals surface area contributed by atoms with E-state index in [-0.39, 0.29) is 16.5 Å². The molecule has 36 heavy (non-hydrogen) atoms. The molecule has 3 aromatic rings.